The molecule has 2 aromatic heterocycles. The van der Waals surface area contributed by atoms with Crippen LogP contribution in [0.3, 0.4) is 0 Å². The topological polar surface area (TPSA) is 64.7 Å². The van der Waals surface area contributed by atoms with E-state index >= 15 is 0 Å². The lowest BCUT2D eigenvalue weighted by Crippen LogP contribution is -2.21. The highest BCUT2D eigenvalue weighted by molar-refractivity contribution is 5.90. The molecule has 0 aliphatic heterocycles. The van der Waals surface area contributed by atoms with Crippen LogP contribution in [0.4, 0.5) is 14.5 Å². The van der Waals surface area contributed by atoms with Crippen LogP contribution in [0.1, 0.15) is 42.3 Å². The molecule has 0 atom stereocenters. The number of amides is 1. The molecule has 0 aromatic carbocycles. The van der Waals surface area contributed by atoms with Crippen molar-refractivity contribution in [3.05, 3.63) is 29.3 Å². The summed E-state index contributed by atoms with van der Waals surface area (Å²) >= 11 is 0. The lowest BCUT2D eigenvalue weighted by Gasteiger charge is -2.07. The van der Waals surface area contributed by atoms with Gasteiger partial charge in [0.1, 0.15) is 12.2 Å². The van der Waals surface area contributed by atoms with Crippen molar-refractivity contribution >= 4 is 11.6 Å². The number of rotatable bonds is 5. The van der Waals surface area contributed by atoms with E-state index in [1.54, 1.807) is 24.9 Å². The van der Waals surface area contributed by atoms with E-state index in [2.05, 4.69) is 15.5 Å². The second-order valence-electron chi connectivity index (χ2n) is 5.58. The van der Waals surface area contributed by atoms with Crippen molar-refractivity contribution in [2.45, 2.75) is 38.7 Å². The summed E-state index contributed by atoms with van der Waals surface area (Å²) in [5, 5.41) is 10.7. The summed E-state index contributed by atoms with van der Waals surface area (Å²) in [6, 6.07) is 1.41. The third kappa shape index (κ3) is 3.00. The Kier molecular flexibility index (Phi) is 3.67. The molecular weight excluding hydrogens is 292 g/mol. The zero-order valence-corrected chi connectivity index (χ0v) is 12.4. The van der Waals surface area contributed by atoms with Crippen LogP contribution in [0.25, 0.3) is 0 Å². The van der Waals surface area contributed by atoms with Crippen molar-refractivity contribution in [3.8, 4) is 0 Å². The number of aryl methyl sites for hydroxylation is 2. The number of hydrogen-bond donors (Lipinski definition) is 1. The van der Waals surface area contributed by atoms with Crippen LogP contribution < -0.4 is 5.32 Å². The Labute approximate surface area is 126 Å². The van der Waals surface area contributed by atoms with Crippen molar-refractivity contribution in [3.63, 3.8) is 0 Å². The molecule has 1 N–H and O–H groups in total. The number of nitrogens with zero attached hydrogens (tertiary/aromatic N) is 4. The molecule has 8 heteroatoms. The van der Waals surface area contributed by atoms with E-state index < -0.39 is 6.43 Å². The summed E-state index contributed by atoms with van der Waals surface area (Å²) in [5.74, 6) is -0.0603. The number of carbonyl (C=O) groups is 1. The molecule has 2 aromatic rings. The quantitative estimate of drug-likeness (QED) is 0.922. The third-order valence-corrected chi connectivity index (χ3v) is 3.63. The molecule has 1 fully saturated rings. The number of nitrogens with one attached hydrogen (secondary N) is 1. The minimum Gasteiger partial charge on any atom is -0.322 e. The van der Waals surface area contributed by atoms with Gasteiger partial charge in [0.05, 0.1) is 11.4 Å². The first-order valence-corrected chi connectivity index (χ1v) is 7.10. The normalized spacial score (nSPS) is 14.6. The fourth-order valence-corrected chi connectivity index (χ4v) is 2.44. The van der Waals surface area contributed by atoms with E-state index in [4.69, 9.17) is 0 Å². The maximum absolute atomic E-state index is 12.8. The minimum absolute atomic E-state index is 0.0765. The molecule has 1 aliphatic carbocycles. The molecule has 2 heterocycles. The Balaban J connectivity index is 1.74. The molecule has 0 saturated heterocycles. The first-order chi connectivity index (χ1) is 10.4. The lowest BCUT2D eigenvalue weighted by molar-refractivity contribution is -0.117. The van der Waals surface area contributed by atoms with Crippen molar-refractivity contribution in [2.24, 2.45) is 7.05 Å². The van der Waals surface area contributed by atoms with Crippen molar-refractivity contribution in [1.29, 1.82) is 0 Å². The second-order valence-corrected chi connectivity index (χ2v) is 5.58. The Hall–Kier alpha value is -2.25. The Morgan fingerprint density at radius 2 is 2.18 bits per heavy atom. The molecule has 1 saturated carbocycles. The number of alkyl halides is 2. The maximum Gasteiger partial charge on any atom is 0.282 e. The molecule has 22 heavy (non-hydrogen) atoms. The molecule has 6 nitrogen and oxygen atoms in total. The van der Waals surface area contributed by atoms with Gasteiger partial charge in [-0.15, -0.1) is 0 Å². The van der Waals surface area contributed by atoms with Gasteiger partial charge in [0.15, 0.2) is 0 Å². The van der Waals surface area contributed by atoms with E-state index in [-0.39, 0.29) is 24.1 Å². The summed E-state index contributed by atoms with van der Waals surface area (Å²) in [6.07, 6.45) is 0.986. The minimum atomic E-state index is -2.62. The van der Waals surface area contributed by atoms with E-state index in [1.165, 1.54) is 10.7 Å². The molecule has 0 spiro atoms. The standard InChI is InChI=1S/C14H17F2N5O/c1-8-11(6-20(2)18-8)17-13(22)7-21-12(9-3-4-9)5-10(19-21)14(15)16/h5-6,9,14H,3-4,7H2,1-2H3,(H,17,22). The lowest BCUT2D eigenvalue weighted by atomic mass is 10.2. The van der Waals surface area contributed by atoms with Gasteiger partial charge in [-0.25, -0.2) is 8.78 Å². The number of hydrogen-bond acceptors (Lipinski definition) is 3. The van der Waals surface area contributed by atoms with Crippen LogP contribution in [-0.2, 0) is 18.4 Å². The first-order valence-electron chi connectivity index (χ1n) is 7.10. The van der Waals surface area contributed by atoms with E-state index in [0.29, 0.717) is 17.1 Å². The number of anilines is 1. The Bertz CT molecular complexity index is 702. The van der Waals surface area contributed by atoms with E-state index in [0.717, 1.165) is 12.8 Å². The van der Waals surface area contributed by atoms with Gasteiger partial charge in [0.25, 0.3) is 6.43 Å². The Morgan fingerprint density at radius 1 is 1.45 bits per heavy atom. The zero-order valence-electron chi connectivity index (χ0n) is 12.4. The molecule has 118 valence electrons. The molecule has 3 rings (SSSR count). The van der Waals surface area contributed by atoms with E-state index in [9.17, 15) is 13.6 Å². The van der Waals surface area contributed by atoms with Crippen LogP contribution in [0, 0.1) is 6.92 Å². The molecule has 1 amide bonds. The summed E-state index contributed by atoms with van der Waals surface area (Å²) < 4.78 is 28.6. The predicted octanol–water partition coefficient (Wildman–Crippen LogP) is 2.38. The smallest absolute Gasteiger partial charge is 0.282 e. The second kappa shape index (κ2) is 5.51. The summed E-state index contributed by atoms with van der Waals surface area (Å²) in [4.78, 5) is 12.1. The number of carbonyl (C=O) groups excluding carboxylic acids is 1. The monoisotopic (exact) mass is 309 g/mol. The molecule has 1 aliphatic rings. The largest absolute Gasteiger partial charge is 0.322 e. The SMILES string of the molecule is Cc1nn(C)cc1NC(=O)Cn1nc(C(F)F)cc1C1CC1. The number of aromatic nitrogens is 4. The van der Waals surface area contributed by atoms with Crippen molar-refractivity contribution in [2.75, 3.05) is 5.32 Å². The van der Waals surface area contributed by atoms with Gasteiger partial charge in [-0.05, 0) is 25.8 Å². The molecular formula is C14H17F2N5O. The zero-order chi connectivity index (χ0) is 15.9. The van der Waals surface area contributed by atoms with Gasteiger partial charge >= 0.3 is 0 Å². The van der Waals surface area contributed by atoms with Gasteiger partial charge in [-0.3, -0.25) is 14.2 Å². The first kappa shape index (κ1) is 14.7. The van der Waals surface area contributed by atoms with Gasteiger partial charge in [-0.1, -0.05) is 0 Å². The highest BCUT2D eigenvalue weighted by Gasteiger charge is 2.30. The third-order valence-electron chi connectivity index (χ3n) is 3.63. The summed E-state index contributed by atoms with van der Waals surface area (Å²) in [6.45, 7) is 1.71. The van der Waals surface area contributed by atoms with Crippen LogP contribution >= 0.6 is 0 Å². The highest BCUT2D eigenvalue weighted by Crippen LogP contribution is 2.41. The van der Waals surface area contributed by atoms with Crippen LogP contribution in [-0.4, -0.2) is 25.5 Å². The van der Waals surface area contributed by atoms with Crippen LogP contribution in [0.15, 0.2) is 12.3 Å². The average Bonchev–Trinajstić information content (AvgIpc) is 3.11. The van der Waals surface area contributed by atoms with Gasteiger partial charge in [0.2, 0.25) is 5.91 Å². The van der Waals surface area contributed by atoms with Crippen molar-refractivity contribution < 1.29 is 13.6 Å². The van der Waals surface area contributed by atoms with Crippen LogP contribution in [0.2, 0.25) is 0 Å². The number of halogens is 2. The van der Waals surface area contributed by atoms with Crippen LogP contribution in [0.5, 0.6) is 0 Å². The summed E-state index contributed by atoms with van der Waals surface area (Å²) in [7, 11) is 1.76. The summed E-state index contributed by atoms with van der Waals surface area (Å²) in [5.41, 5.74) is 1.76. The van der Waals surface area contributed by atoms with Gasteiger partial charge in [-0.2, -0.15) is 10.2 Å². The molecule has 0 radical (unpaired) electrons. The van der Waals surface area contributed by atoms with E-state index in [1.807, 2.05) is 0 Å². The van der Waals surface area contributed by atoms with Gasteiger partial charge in [0, 0.05) is 24.9 Å². The molecule has 0 bridgehead atoms. The van der Waals surface area contributed by atoms with Crippen molar-refractivity contribution in [1.82, 2.24) is 19.6 Å². The average molecular weight is 309 g/mol. The Morgan fingerprint density at radius 3 is 2.73 bits per heavy atom. The maximum atomic E-state index is 12.8. The fourth-order valence-electron chi connectivity index (χ4n) is 2.44. The fraction of sp³-hybridized carbons (Fsp3) is 0.500. The van der Waals surface area contributed by atoms with Gasteiger partial charge < -0.3 is 5.32 Å². The highest BCUT2D eigenvalue weighted by atomic mass is 19.3. The molecule has 0 unspecified atom stereocenters. The predicted molar refractivity (Wildman–Crippen MR) is 75.7 cm³/mol.